The van der Waals surface area contributed by atoms with E-state index >= 15 is 0 Å². The first-order valence-corrected chi connectivity index (χ1v) is 5.97. The molecule has 4 nitrogen and oxygen atoms in total. The molecule has 0 saturated heterocycles. The summed E-state index contributed by atoms with van der Waals surface area (Å²) in [6, 6.07) is 6.98. The van der Waals surface area contributed by atoms with Crippen LogP contribution in [0.1, 0.15) is 18.4 Å². The highest BCUT2D eigenvalue weighted by Crippen LogP contribution is 2.32. The molecule has 0 heterocycles. The van der Waals surface area contributed by atoms with E-state index in [-0.39, 0.29) is 24.1 Å². The molecule has 92 valence electrons. The Kier molecular flexibility index (Phi) is 3.64. The zero-order valence-electron chi connectivity index (χ0n) is 9.73. The SMILES string of the molecule is NCC(NC(=O)Cc1ccccc1O)C1CC1. The van der Waals surface area contributed by atoms with Gasteiger partial charge in [-0.2, -0.15) is 0 Å². The molecule has 1 fully saturated rings. The van der Waals surface area contributed by atoms with E-state index in [0.717, 1.165) is 12.8 Å². The fourth-order valence-electron chi connectivity index (χ4n) is 1.96. The van der Waals surface area contributed by atoms with Crippen LogP contribution in [0.5, 0.6) is 5.75 Å². The number of amides is 1. The average Bonchev–Trinajstić information content (AvgIpc) is 3.13. The summed E-state index contributed by atoms with van der Waals surface area (Å²) < 4.78 is 0. The molecule has 2 rings (SSSR count). The van der Waals surface area contributed by atoms with Crippen molar-refractivity contribution in [3.8, 4) is 5.75 Å². The maximum absolute atomic E-state index is 11.8. The minimum atomic E-state index is -0.0751. The van der Waals surface area contributed by atoms with Crippen LogP contribution in [-0.2, 0) is 11.2 Å². The molecule has 0 spiro atoms. The van der Waals surface area contributed by atoms with Crippen molar-refractivity contribution in [2.75, 3.05) is 6.54 Å². The van der Waals surface area contributed by atoms with E-state index in [0.29, 0.717) is 18.0 Å². The molecule has 1 aromatic carbocycles. The molecule has 4 heteroatoms. The van der Waals surface area contributed by atoms with Crippen LogP contribution in [0.2, 0.25) is 0 Å². The molecular formula is C13H18N2O2. The first-order chi connectivity index (χ1) is 8.20. The van der Waals surface area contributed by atoms with Crippen LogP contribution in [-0.4, -0.2) is 23.6 Å². The lowest BCUT2D eigenvalue weighted by atomic mass is 10.1. The lowest BCUT2D eigenvalue weighted by Gasteiger charge is -2.16. The van der Waals surface area contributed by atoms with Crippen molar-refractivity contribution in [3.05, 3.63) is 29.8 Å². The van der Waals surface area contributed by atoms with E-state index < -0.39 is 0 Å². The summed E-state index contributed by atoms with van der Waals surface area (Å²) in [4.78, 5) is 11.8. The normalized spacial score (nSPS) is 16.5. The van der Waals surface area contributed by atoms with Crippen molar-refractivity contribution in [3.63, 3.8) is 0 Å². The summed E-state index contributed by atoms with van der Waals surface area (Å²) in [6.07, 6.45) is 2.51. The lowest BCUT2D eigenvalue weighted by Crippen LogP contribution is -2.42. The van der Waals surface area contributed by atoms with Crippen molar-refractivity contribution in [1.29, 1.82) is 0 Å². The van der Waals surface area contributed by atoms with Crippen LogP contribution in [0.25, 0.3) is 0 Å². The molecule has 0 radical (unpaired) electrons. The average molecular weight is 234 g/mol. The fourth-order valence-corrected chi connectivity index (χ4v) is 1.96. The second-order valence-electron chi connectivity index (χ2n) is 4.55. The predicted octanol–water partition coefficient (Wildman–Crippen LogP) is 0.788. The topological polar surface area (TPSA) is 75.3 Å². The molecule has 0 aliphatic heterocycles. The Labute approximate surface area is 101 Å². The van der Waals surface area contributed by atoms with Gasteiger partial charge in [0, 0.05) is 18.2 Å². The number of phenols is 1. The minimum Gasteiger partial charge on any atom is -0.508 e. The molecule has 1 amide bonds. The van der Waals surface area contributed by atoms with Crippen molar-refractivity contribution < 1.29 is 9.90 Å². The maximum Gasteiger partial charge on any atom is 0.224 e. The molecular weight excluding hydrogens is 216 g/mol. The van der Waals surface area contributed by atoms with E-state index in [1.54, 1.807) is 18.2 Å². The molecule has 1 aromatic rings. The Bertz CT molecular complexity index is 402. The lowest BCUT2D eigenvalue weighted by molar-refractivity contribution is -0.121. The number of carbonyl (C=O) groups excluding carboxylic acids is 1. The van der Waals surface area contributed by atoms with Gasteiger partial charge in [-0.15, -0.1) is 0 Å². The molecule has 1 saturated carbocycles. The van der Waals surface area contributed by atoms with Crippen LogP contribution < -0.4 is 11.1 Å². The van der Waals surface area contributed by atoms with Gasteiger partial charge in [0.2, 0.25) is 5.91 Å². The standard InChI is InChI=1S/C13H18N2O2/c14-8-11(9-5-6-9)15-13(17)7-10-3-1-2-4-12(10)16/h1-4,9,11,16H,5-8,14H2,(H,15,17). The third kappa shape index (κ3) is 3.20. The number of hydrogen-bond donors (Lipinski definition) is 3. The largest absolute Gasteiger partial charge is 0.508 e. The van der Waals surface area contributed by atoms with Crippen LogP contribution in [0.3, 0.4) is 0 Å². The second kappa shape index (κ2) is 5.19. The Morgan fingerprint density at radius 3 is 2.76 bits per heavy atom. The van der Waals surface area contributed by atoms with E-state index in [1.165, 1.54) is 0 Å². The summed E-state index contributed by atoms with van der Waals surface area (Å²) in [5.41, 5.74) is 6.27. The Morgan fingerprint density at radius 2 is 2.18 bits per heavy atom. The first-order valence-electron chi connectivity index (χ1n) is 5.97. The number of para-hydroxylation sites is 1. The number of nitrogens with two attached hydrogens (primary N) is 1. The maximum atomic E-state index is 11.8. The van der Waals surface area contributed by atoms with Gasteiger partial charge in [0.15, 0.2) is 0 Å². The van der Waals surface area contributed by atoms with Gasteiger partial charge in [-0.25, -0.2) is 0 Å². The van der Waals surface area contributed by atoms with Crippen molar-refractivity contribution in [2.24, 2.45) is 11.7 Å². The van der Waals surface area contributed by atoms with Gasteiger partial charge in [-0.3, -0.25) is 4.79 Å². The highest BCUT2D eigenvalue weighted by molar-refractivity contribution is 5.79. The quantitative estimate of drug-likeness (QED) is 0.705. The molecule has 1 atom stereocenters. The number of aromatic hydroxyl groups is 1. The molecule has 1 unspecified atom stereocenters. The molecule has 4 N–H and O–H groups in total. The number of nitrogens with one attached hydrogen (secondary N) is 1. The van der Waals surface area contributed by atoms with Gasteiger partial charge < -0.3 is 16.2 Å². The highest BCUT2D eigenvalue weighted by Gasteiger charge is 2.31. The second-order valence-corrected chi connectivity index (χ2v) is 4.55. The van der Waals surface area contributed by atoms with E-state index in [1.807, 2.05) is 6.07 Å². The molecule has 1 aliphatic carbocycles. The molecule has 1 aliphatic rings. The molecule has 0 aromatic heterocycles. The Balaban J connectivity index is 1.90. The highest BCUT2D eigenvalue weighted by atomic mass is 16.3. The predicted molar refractivity (Wildman–Crippen MR) is 65.5 cm³/mol. The van der Waals surface area contributed by atoms with E-state index in [4.69, 9.17) is 5.73 Å². The summed E-state index contributed by atoms with van der Waals surface area (Å²) in [6.45, 7) is 0.483. The van der Waals surface area contributed by atoms with Gasteiger partial charge in [0.05, 0.1) is 6.42 Å². The Morgan fingerprint density at radius 1 is 1.47 bits per heavy atom. The fraction of sp³-hybridized carbons (Fsp3) is 0.462. The number of hydrogen-bond acceptors (Lipinski definition) is 3. The summed E-state index contributed by atoms with van der Waals surface area (Å²) in [5, 5.41) is 12.5. The summed E-state index contributed by atoms with van der Waals surface area (Å²) in [7, 11) is 0. The minimum absolute atomic E-state index is 0.0751. The van der Waals surface area contributed by atoms with E-state index in [9.17, 15) is 9.90 Å². The number of carbonyl (C=O) groups is 1. The van der Waals surface area contributed by atoms with Gasteiger partial charge in [0.1, 0.15) is 5.75 Å². The molecule has 0 bridgehead atoms. The monoisotopic (exact) mass is 234 g/mol. The van der Waals surface area contributed by atoms with Gasteiger partial charge in [0.25, 0.3) is 0 Å². The van der Waals surface area contributed by atoms with Gasteiger partial charge in [-0.1, -0.05) is 18.2 Å². The zero-order chi connectivity index (χ0) is 12.3. The number of phenolic OH excluding ortho intramolecular Hbond substituents is 1. The third-order valence-corrected chi connectivity index (χ3v) is 3.13. The van der Waals surface area contributed by atoms with Gasteiger partial charge in [-0.05, 0) is 24.8 Å². The third-order valence-electron chi connectivity index (χ3n) is 3.13. The van der Waals surface area contributed by atoms with Crippen molar-refractivity contribution in [1.82, 2.24) is 5.32 Å². The summed E-state index contributed by atoms with van der Waals surface area (Å²) >= 11 is 0. The smallest absolute Gasteiger partial charge is 0.224 e. The van der Waals surface area contributed by atoms with E-state index in [2.05, 4.69) is 5.32 Å². The van der Waals surface area contributed by atoms with Crippen LogP contribution in [0, 0.1) is 5.92 Å². The van der Waals surface area contributed by atoms with Gasteiger partial charge >= 0.3 is 0 Å². The number of rotatable bonds is 5. The Hall–Kier alpha value is -1.55. The van der Waals surface area contributed by atoms with Crippen molar-refractivity contribution in [2.45, 2.75) is 25.3 Å². The number of benzene rings is 1. The van der Waals surface area contributed by atoms with Crippen LogP contribution >= 0.6 is 0 Å². The van der Waals surface area contributed by atoms with Crippen molar-refractivity contribution >= 4 is 5.91 Å². The van der Waals surface area contributed by atoms with Crippen LogP contribution in [0.4, 0.5) is 0 Å². The molecule has 17 heavy (non-hydrogen) atoms. The zero-order valence-corrected chi connectivity index (χ0v) is 9.73. The summed E-state index contributed by atoms with van der Waals surface area (Å²) in [5.74, 6) is 0.639. The first kappa shape index (κ1) is 11.9. The van der Waals surface area contributed by atoms with Crippen LogP contribution in [0.15, 0.2) is 24.3 Å².